The Labute approximate surface area is 106 Å². The van der Waals surface area contributed by atoms with E-state index in [-0.39, 0.29) is 0 Å². The van der Waals surface area contributed by atoms with Crippen LogP contribution in [-0.2, 0) is 0 Å². The summed E-state index contributed by atoms with van der Waals surface area (Å²) in [5, 5.41) is 0. The van der Waals surface area contributed by atoms with Gasteiger partial charge in [0.15, 0.2) is 0 Å². The zero-order valence-electron chi connectivity index (χ0n) is 11.6. The summed E-state index contributed by atoms with van der Waals surface area (Å²) in [5.74, 6) is 0.918. The third-order valence-corrected chi connectivity index (χ3v) is 4.82. The summed E-state index contributed by atoms with van der Waals surface area (Å²) in [6, 6.07) is 1.40. The Balaban J connectivity index is 2.02. The lowest BCUT2D eigenvalue weighted by Crippen LogP contribution is -2.60. The van der Waals surface area contributed by atoms with Gasteiger partial charge in [-0.25, -0.2) is 0 Å². The predicted octanol–water partition coefficient (Wildman–Crippen LogP) is 1.53. The van der Waals surface area contributed by atoms with Crippen LogP contribution < -0.4 is 5.73 Å². The van der Waals surface area contributed by atoms with Crippen molar-refractivity contribution in [1.82, 2.24) is 9.80 Å². The van der Waals surface area contributed by atoms with E-state index in [0.29, 0.717) is 6.04 Å². The maximum atomic E-state index is 5.98. The highest BCUT2D eigenvalue weighted by Crippen LogP contribution is 2.32. The number of piperazine rings is 1. The number of likely N-dealkylation sites (N-methyl/N-ethyl adjacent to an activating group) is 1. The van der Waals surface area contributed by atoms with Crippen molar-refractivity contribution in [2.45, 2.75) is 51.1 Å². The molecule has 1 aliphatic carbocycles. The van der Waals surface area contributed by atoms with Gasteiger partial charge in [-0.2, -0.15) is 0 Å². The van der Waals surface area contributed by atoms with Crippen LogP contribution in [0.15, 0.2) is 0 Å². The zero-order chi connectivity index (χ0) is 12.3. The Morgan fingerprint density at radius 3 is 2.65 bits per heavy atom. The summed E-state index contributed by atoms with van der Waals surface area (Å²) < 4.78 is 0. The van der Waals surface area contributed by atoms with Crippen molar-refractivity contribution in [3.05, 3.63) is 0 Å². The highest BCUT2D eigenvalue weighted by atomic mass is 15.3. The molecule has 17 heavy (non-hydrogen) atoms. The molecule has 2 fully saturated rings. The van der Waals surface area contributed by atoms with E-state index in [1.165, 1.54) is 45.2 Å². The molecule has 2 aliphatic rings. The standard InChI is InChI=1S/C14H29N3/c1-3-12-6-4-5-7-14(12)17-9-8-16(2)11-13(17)10-15/h12-14H,3-11,15H2,1-2H3. The van der Waals surface area contributed by atoms with Gasteiger partial charge in [0.1, 0.15) is 0 Å². The minimum Gasteiger partial charge on any atom is -0.329 e. The zero-order valence-corrected chi connectivity index (χ0v) is 11.6. The number of rotatable bonds is 3. The molecule has 0 aromatic carbocycles. The lowest BCUT2D eigenvalue weighted by atomic mass is 9.81. The van der Waals surface area contributed by atoms with E-state index < -0.39 is 0 Å². The normalized spacial score (nSPS) is 37.2. The molecule has 2 rings (SSSR count). The summed E-state index contributed by atoms with van der Waals surface area (Å²) in [6.07, 6.45) is 7.04. The van der Waals surface area contributed by atoms with Crippen LogP contribution in [0, 0.1) is 5.92 Å². The first-order valence-corrected chi connectivity index (χ1v) is 7.40. The second-order valence-corrected chi connectivity index (χ2v) is 5.91. The molecule has 0 amide bonds. The Hall–Kier alpha value is -0.120. The molecule has 3 heteroatoms. The van der Waals surface area contributed by atoms with Gasteiger partial charge in [0.05, 0.1) is 0 Å². The fraction of sp³-hybridized carbons (Fsp3) is 1.00. The minimum absolute atomic E-state index is 0.589. The first-order valence-electron chi connectivity index (χ1n) is 7.40. The molecule has 2 N–H and O–H groups in total. The van der Waals surface area contributed by atoms with Gasteiger partial charge in [0.25, 0.3) is 0 Å². The van der Waals surface area contributed by atoms with Crippen molar-refractivity contribution in [3.63, 3.8) is 0 Å². The third kappa shape index (κ3) is 3.01. The van der Waals surface area contributed by atoms with E-state index in [1.807, 2.05) is 0 Å². The fourth-order valence-electron chi connectivity index (χ4n) is 3.77. The maximum Gasteiger partial charge on any atom is 0.0349 e. The predicted molar refractivity (Wildman–Crippen MR) is 73.1 cm³/mol. The lowest BCUT2D eigenvalue weighted by molar-refractivity contribution is 0.0143. The van der Waals surface area contributed by atoms with Crippen LogP contribution >= 0.6 is 0 Å². The van der Waals surface area contributed by atoms with Crippen LogP contribution in [0.4, 0.5) is 0 Å². The summed E-state index contributed by atoms with van der Waals surface area (Å²) >= 11 is 0. The smallest absolute Gasteiger partial charge is 0.0349 e. The Kier molecular flexibility index (Phi) is 4.83. The topological polar surface area (TPSA) is 32.5 Å². The molecule has 1 saturated heterocycles. The lowest BCUT2D eigenvalue weighted by Gasteiger charge is -2.48. The largest absolute Gasteiger partial charge is 0.329 e. The van der Waals surface area contributed by atoms with Gasteiger partial charge in [-0.3, -0.25) is 4.90 Å². The van der Waals surface area contributed by atoms with Crippen LogP contribution in [0.2, 0.25) is 0 Å². The number of hydrogen-bond donors (Lipinski definition) is 1. The van der Waals surface area contributed by atoms with E-state index >= 15 is 0 Å². The molecule has 0 bridgehead atoms. The average molecular weight is 239 g/mol. The molecule has 3 atom stereocenters. The Morgan fingerprint density at radius 2 is 1.94 bits per heavy atom. The van der Waals surface area contributed by atoms with E-state index in [2.05, 4.69) is 23.8 Å². The van der Waals surface area contributed by atoms with E-state index in [4.69, 9.17) is 5.73 Å². The van der Waals surface area contributed by atoms with Gasteiger partial charge in [0.2, 0.25) is 0 Å². The third-order valence-electron chi connectivity index (χ3n) is 4.82. The molecular formula is C14H29N3. The number of nitrogens with zero attached hydrogens (tertiary/aromatic N) is 2. The molecule has 0 aromatic rings. The maximum absolute atomic E-state index is 5.98. The van der Waals surface area contributed by atoms with Crippen molar-refractivity contribution in [3.8, 4) is 0 Å². The molecular weight excluding hydrogens is 210 g/mol. The summed E-state index contributed by atoms with van der Waals surface area (Å²) in [6.45, 7) is 6.76. The van der Waals surface area contributed by atoms with Crippen molar-refractivity contribution in [2.75, 3.05) is 33.2 Å². The van der Waals surface area contributed by atoms with Crippen LogP contribution in [0.25, 0.3) is 0 Å². The van der Waals surface area contributed by atoms with Crippen LogP contribution in [0.3, 0.4) is 0 Å². The fourth-order valence-corrected chi connectivity index (χ4v) is 3.77. The SMILES string of the molecule is CCC1CCCCC1N1CCN(C)CC1CN. The molecule has 0 spiro atoms. The first-order chi connectivity index (χ1) is 8.26. The Bertz CT molecular complexity index is 232. The number of nitrogens with two attached hydrogens (primary N) is 1. The van der Waals surface area contributed by atoms with Crippen LogP contribution in [0.5, 0.6) is 0 Å². The quantitative estimate of drug-likeness (QED) is 0.811. The molecule has 100 valence electrons. The van der Waals surface area contributed by atoms with E-state index in [9.17, 15) is 0 Å². The van der Waals surface area contributed by atoms with Gasteiger partial charge >= 0.3 is 0 Å². The van der Waals surface area contributed by atoms with Crippen molar-refractivity contribution in [2.24, 2.45) is 11.7 Å². The summed E-state index contributed by atoms with van der Waals surface area (Å²) in [4.78, 5) is 5.17. The summed E-state index contributed by atoms with van der Waals surface area (Å²) in [5.41, 5.74) is 5.98. The van der Waals surface area contributed by atoms with Gasteiger partial charge in [0, 0.05) is 38.3 Å². The van der Waals surface area contributed by atoms with Crippen molar-refractivity contribution < 1.29 is 0 Å². The molecule has 0 radical (unpaired) electrons. The van der Waals surface area contributed by atoms with E-state index in [1.54, 1.807) is 0 Å². The van der Waals surface area contributed by atoms with Gasteiger partial charge < -0.3 is 10.6 Å². The van der Waals surface area contributed by atoms with Crippen molar-refractivity contribution in [1.29, 1.82) is 0 Å². The number of hydrogen-bond acceptors (Lipinski definition) is 3. The molecule has 1 saturated carbocycles. The second-order valence-electron chi connectivity index (χ2n) is 5.91. The molecule has 1 heterocycles. The van der Waals surface area contributed by atoms with Crippen LogP contribution in [0.1, 0.15) is 39.0 Å². The Morgan fingerprint density at radius 1 is 1.18 bits per heavy atom. The van der Waals surface area contributed by atoms with Crippen LogP contribution in [-0.4, -0.2) is 55.1 Å². The molecule has 3 unspecified atom stereocenters. The molecule has 3 nitrogen and oxygen atoms in total. The second kappa shape index (κ2) is 6.17. The van der Waals surface area contributed by atoms with Gasteiger partial charge in [-0.15, -0.1) is 0 Å². The van der Waals surface area contributed by atoms with Crippen molar-refractivity contribution >= 4 is 0 Å². The highest BCUT2D eigenvalue weighted by Gasteiger charge is 2.34. The van der Waals surface area contributed by atoms with Gasteiger partial charge in [-0.1, -0.05) is 26.2 Å². The monoisotopic (exact) mass is 239 g/mol. The summed E-state index contributed by atoms with van der Waals surface area (Å²) in [7, 11) is 2.22. The first kappa shape index (κ1) is 13.3. The molecule has 0 aromatic heterocycles. The van der Waals surface area contributed by atoms with E-state index in [0.717, 1.165) is 25.0 Å². The van der Waals surface area contributed by atoms with Gasteiger partial charge in [-0.05, 0) is 25.8 Å². The highest BCUT2D eigenvalue weighted by molar-refractivity contribution is 4.90. The average Bonchev–Trinajstić information content (AvgIpc) is 2.38. The molecule has 1 aliphatic heterocycles. The minimum atomic E-state index is 0.589.